The summed E-state index contributed by atoms with van der Waals surface area (Å²) in [6.45, 7) is 11.9. The zero-order chi connectivity index (χ0) is 28.4. The van der Waals surface area contributed by atoms with E-state index >= 15 is 0 Å². The molecule has 0 aromatic heterocycles. The predicted octanol–water partition coefficient (Wildman–Crippen LogP) is 7.16. The summed E-state index contributed by atoms with van der Waals surface area (Å²) < 4.78 is 39.8. The van der Waals surface area contributed by atoms with E-state index in [9.17, 15) is 18.0 Å². The maximum absolute atomic E-state index is 13.3. The molecule has 2 aromatic rings. The second-order valence-corrected chi connectivity index (χ2v) is 12.3. The van der Waals surface area contributed by atoms with Crippen LogP contribution >= 0.6 is 0 Å². The summed E-state index contributed by atoms with van der Waals surface area (Å²) >= 11 is 0. The van der Waals surface area contributed by atoms with Crippen molar-refractivity contribution in [3.05, 3.63) is 59.2 Å². The number of carbonyl (C=O) groups is 1. The van der Waals surface area contributed by atoms with Gasteiger partial charge in [-0.2, -0.15) is 13.2 Å². The summed E-state index contributed by atoms with van der Waals surface area (Å²) in [5.74, 6) is 0.406. The minimum atomic E-state index is -4.35. The van der Waals surface area contributed by atoms with Gasteiger partial charge in [0.1, 0.15) is 0 Å². The number of rotatable bonds is 5. The highest BCUT2D eigenvalue weighted by Gasteiger charge is 2.33. The number of piperazine rings is 1. The molecule has 0 atom stereocenters. The molecule has 1 saturated carbocycles. The maximum Gasteiger partial charge on any atom is 0.416 e. The summed E-state index contributed by atoms with van der Waals surface area (Å²) in [5, 5.41) is 3.30. The van der Waals surface area contributed by atoms with Crippen molar-refractivity contribution in [3.63, 3.8) is 0 Å². The van der Waals surface area contributed by atoms with E-state index < -0.39 is 11.7 Å². The fourth-order valence-corrected chi connectivity index (χ4v) is 5.78. The highest BCUT2D eigenvalue weighted by atomic mass is 19.4. The Kier molecular flexibility index (Phi) is 8.72. The second kappa shape index (κ2) is 11.7. The molecular weight excluding hydrogens is 501 g/mol. The molecule has 4 rings (SSSR count). The first-order valence-corrected chi connectivity index (χ1v) is 14.1. The minimum absolute atomic E-state index is 0.0808. The molecule has 2 amide bonds. The van der Waals surface area contributed by atoms with Gasteiger partial charge in [0.25, 0.3) is 0 Å². The molecule has 1 N–H and O–H groups in total. The number of aryl methyl sites for hydroxylation is 1. The fourth-order valence-electron chi connectivity index (χ4n) is 5.78. The van der Waals surface area contributed by atoms with Gasteiger partial charge < -0.3 is 20.0 Å². The average molecular weight is 545 g/mol. The summed E-state index contributed by atoms with van der Waals surface area (Å²) in [4.78, 5) is 19.3. The number of hydrogen-bond acceptors (Lipinski definition) is 3. The van der Waals surface area contributed by atoms with Crippen molar-refractivity contribution in [1.29, 1.82) is 0 Å². The lowest BCUT2D eigenvalue weighted by Gasteiger charge is -2.39. The monoisotopic (exact) mass is 544 g/mol. The highest BCUT2D eigenvalue weighted by Crippen LogP contribution is 2.35. The number of carbonyl (C=O) groups excluding carboxylic acids is 1. The first-order chi connectivity index (χ1) is 18.3. The van der Waals surface area contributed by atoms with E-state index in [-0.39, 0.29) is 23.1 Å². The van der Waals surface area contributed by atoms with Crippen LogP contribution in [0, 0.1) is 12.8 Å². The Morgan fingerprint density at radius 1 is 0.949 bits per heavy atom. The van der Waals surface area contributed by atoms with Gasteiger partial charge in [0, 0.05) is 57.2 Å². The van der Waals surface area contributed by atoms with Gasteiger partial charge in [-0.25, -0.2) is 4.79 Å². The van der Waals surface area contributed by atoms with Crippen molar-refractivity contribution >= 4 is 17.4 Å². The van der Waals surface area contributed by atoms with E-state index in [1.54, 1.807) is 6.07 Å². The second-order valence-electron chi connectivity index (χ2n) is 12.3. The van der Waals surface area contributed by atoms with Gasteiger partial charge in [-0.1, -0.05) is 39.0 Å². The quantitative estimate of drug-likeness (QED) is 0.434. The number of alkyl halides is 3. The molecule has 2 aliphatic rings. The molecule has 0 radical (unpaired) electrons. The van der Waals surface area contributed by atoms with Gasteiger partial charge >= 0.3 is 12.2 Å². The van der Waals surface area contributed by atoms with E-state index in [0.717, 1.165) is 38.8 Å². The van der Waals surface area contributed by atoms with Crippen molar-refractivity contribution in [2.24, 2.45) is 5.92 Å². The van der Waals surface area contributed by atoms with E-state index in [1.807, 2.05) is 16.8 Å². The average Bonchev–Trinajstić information content (AvgIpc) is 2.89. The van der Waals surface area contributed by atoms with Crippen molar-refractivity contribution in [2.75, 3.05) is 50.0 Å². The van der Waals surface area contributed by atoms with Gasteiger partial charge in [-0.15, -0.1) is 0 Å². The summed E-state index contributed by atoms with van der Waals surface area (Å²) in [6, 6.07) is 13.5. The largest absolute Gasteiger partial charge is 0.416 e. The standard InChI is InChI=1S/C31H43F3N4O/c1-22-6-11-26(20-28(22)31(32,33)34)35-25-12-7-23(8-13-25)21-36(5)29(39)38-18-16-37(17-19-38)27-14-9-24(10-15-27)30(2,3)4/h6,9-11,14-15,20,23,25,35H,7-8,12-13,16-19,21H2,1-5H3. The fraction of sp³-hybridized carbons (Fsp3) is 0.581. The number of nitrogens with one attached hydrogen (secondary N) is 1. The molecule has 1 heterocycles. The summed E-state index contributed by atoms with van der Waals surface area (Å²) in [6.07, 6.45) is -0.679. The van der Waals surface area contributed by atoms with Crippen LogP contribution in [0.2, 0.25) is 0 Å². The first-order valence-electron chi connectivity index (χ1n) is 14.1. The van der Waals surface area contributed by atoms with Crippen molar-refractivity contribution in [1.82, 2.24) is 9.80 Å². The highest BCUT2D eigenvalue weighted by molar-refractivity contribution is 5.74. The van der Waals surface area contributed by atoms with Gasteiger partial charge in [0.05, 0.1) is 5.56 Å². The lowest BCUT2D eigenvalue weighted by molar-refractivity contribution is -0.138. The molecule has 2 aromatic carbocycles. The minimum Gasteiger partial charge on any atom is -0.382 e. The normalized spacial score (nSPS) is 20.6. The van der Waals surface area contributed by atoms with E-state index in [2.05, 4.69) is 55.3 Å². The number of urea groups is 1. The SMILES string of the molecule is Cc1ccc(NC2CCC(CN(C)C(=O)N3CCN(c4ccc(C(C)(C)C)cc4)CC3)CC2)cc1C(F)(F)F. The van der Waals surface area contributed by atoms with Gasteiger partial charge in [0.2, 0.25) is 0 Å². The van der Waals surface area contributed by atoms with Crippen LogP contribution in [0.15, 0.2) is 42.5 Å². The zero-order valence-corrected chi connectivity index (χ0v) is 23.9. The molecule has 0 bridgehead atoms. The smallest absolute Gasteiger partial charge is 0.382 e. The molecule has 2 fully saturated rings. The van der Waals surface area contributed by atoms with E-state index in [1.165, 1.54) is 30.3 Å². The Labute approximate surface area is 231 Å². The number of benzene rings is 2. The number of anilines is 2. The first kappa shape index (κ1) is 29.1. The van der Waals surface area contributed by atoms with Gasteiger partial charge in [0.15, 0.2) is 0 Å². The number of nitrogens with zero attached hydrogens (tertiary/aromatic N) is 3. The summed E-state index contributed by atoms with van der Waals surface area (Å²) in [5.41, 5.74) is 2.83. The van der Waals surface area contributed by atoms with Crippen molar-refractivity contribution in [2.45, 2.75) is 71.0 Å². The summed E-state index contributed by atoms with van der Waals surface area (Å²) in [7, 11) is 1.88. The Morgan fingerprint density at radius 3 is 2.13 bits per heavy atom. The molecule has 39 heavy (non-hydrogen) atoms. The lowest BCUT2D eigenvalue weighted by atomic mass is 9.85. The molecular formula is C31H43F3N4O. The van der Waals surface area contributed by atoms with Crippen LogP contribution in [-0.4, -0.2) is 61.6 Å². The van der Waals surface area contributed by atoms with Crippen molar-refractivity contribution in [3.8, 4) is 0 Å². The lowest BCUT2D eigenvalue weighted by Crippen LogP contribution is -2.52. The Morgan fingerprint density at radius 2 is 1.56 bits per heavy atom. The Bertz CT molecular complexity index is 1110. The number of halogens is 3. The molecule has 0 unspecified atom stereocenters. The molecule has 1 aliphatic heterocycles. The predicted molar refractivity (Wildman–Crippen MR) is 153 cm³/mol. The maximum atomic E-state index is 13.3. The van der Waals surface area contributed by atoms with Crippen LogP contribution in [-0.2, 0) is 11.6 Å². The molecule has 1 aliphatic carbocycles. The van der Waals surface area contributed by atoms with Gasteiger partial charge in [-0.05, 0) is 79.3 Å². The van der Waals surface area contributed by atoms with Crippen LogP contribution in [0.1, 0.15) is 63.1 Å². The zero-order valence-electron chi connectivity index (χ0n) is 23.9. The number of amides is 2. The Hall–Kier alpha value is -2.90. The third-order valence-corrected chi connectivity index (χ3v) is 8.27. The molecule has 1 saturated heterocycles. The topological polar surface area (TPSA) is 38.8 Å². The van der Waals surface area contributed by atoms with E-state index in [4.69, 9.17) is 0 Å². The molecule has 0 spiro atoms. The van der Waals surface area contributed by atoms with Crippen LogP contribution in [0.5, 0.6) is 0 Å². The van der Waals surface area contributed by atoms with Crippen molar-refractivity contribution < 1.29 is 18.0 Å². The number of hydrogen-bond donors (Lipinski definition) is 1. The Balaban J connectivity index is 1.21. The molecule has 8 heteroatoms. The third kappa shape index (κ3) is 7.40. The van der Waals surface area contributed by atoms with Crippen LogP contribution in [0.25, 0.3) is 0 Å². The molecule has 214 valence electrons. The van der Waals surface area contributed by atoms with E-state index in [0.29, 0.717) is 31.2 Å². The van der Waals surface area contributed by atoms with Crippen LogP contribution in [0.3, 0.4) is 0 Å². The third-order valence-electron chi connectivity index (χ3n) is 8.27. The van der Waals surface area contributed by atoms with Crippen LogP contribution < -0.4 is 10.2 Å². The van der Waals surface area contributed by atoms with Gasteiger partial charge in [-0.3, -0.25) is 0 Å². The van der Waals surface area contributed by atoms with Crippen LogP contribution in [0.4, 0.5) is 29.3 Å². The molecule has 5 nitrogen and oxygen atoms in total.